The minimum atomic E-state index is 0.245. The van der Waals surface area contributed by atoms with E-state index in [1.54, 1.807) is 12.1 Å². The fraction of sp³-hybridized carbons (Fsp3) is 0. The van der Waals surface area contributed by atoms with E-state index in [0.29, 0.717) is 0 Å². The molecule has 0 amide bonds. The predicted molar refractivity (Wildman–Crippen MR) is 210 cm³/mol. The lowest BCUT2D eigenvalue weighted by atomic mass is 9.99. The number of aromatic hydroxyl groups is 1. The number of para-hydroxylation sites is 3. The van der Waals surface area contributed by atoms with Crippen LogP contribution in [0.2, 0.25) is 0 Å². The summed E-state index contributed by atoms with van der Waals surface area (Å²) in [5, 5.41) is 14.7. The summed E-state index contributed by atoms with van der Waals surface area (Å²) in [7, 11) is 0. The summed E-state index contributed by atoms with van der Waals surface area (Å²) in [4.78, 5) is 2.30. The van der Waals surface area contributed by atoms with Crippen molar-refractivity contribution < 1.29 is 5.11 Å². The minimum absolute atomic E-state index is 0.245. The van der Waals surface area contributed by atoms with Gasteiger partial charge < -0.3 is 19.9 Å². The average Bonchev–Trinajstić information content (AvgIpc) is 3.56. The van der Waals surface area contributed by atoms with E-state index < -0.39 is 0 Å². The van der Waals surface area contributed by atoms with Crippen molar-refractivity contribution in [1.82, 2.24) is 4.57 Å². The maximum absolute atomic E-state index is 10.1. The SMILES string of the molecule is Oc1ccc(-n2c(-c3ccccc3)cc3ccc(-c4ccc(N(c5ccccc5)c5ccccc5)c(/C=C/Nc5ccccc5)c4)cc32)cc1. The maximum Gasteiger partial charge on any atom is 0.115 e. The van der Waals surface area contributed by atoms with Gasteiger partial charge in [0, 0.05) is 39.9 Å². The molecule has 0 aliphatic rings. The first-order valence-electron chi connectivity index (χ1n) is 16.7. The Morgan fingerprint density at radius 3 is 1.76 bits per heavy atom. The summed E-state index contributed by atoms with van der Waals surface area (Å²) in [5.41, 5.74) is 11.8. The molecule has 0 saturated heterocycles. The van der Waals surface area contributed by atoms with Gasteiger partial charge in [0.05, 0.1) is 16.9 Å². The van der Waals surface area contributed by atoms with Gasteiger partial charge >= 0.3 is 0 Å². The van der Waals surface area contributed by atoms with Gasteiger partial charge in [0.2, 0.25) is 0 Å². The molecule has 0 aliphatic heterocycles. The average molecular weight is 646 g/mol. The lowest BCUT2D eigenvalue weighted by Gasteiger charge is -2.27. The highest BCUT2D eigenvalue weighted by Gasteiger charge is 2.17. The van der Waals surface area contributed by atoms with E-state index >= 15 is 0 Å². The van der Waals surface area contributed by atoms with Gasteiger partial charge in [0.1, 0.15) is 5.75 Å². The van der Waals surface area contributed by atoms with Crippen LogP contribution in [-0.4, -0.2) is 9.67 Å². The Morgan fingerprint density at radius 1 is 0.520 bits per heavy atom. The summed E-state index contributed by atoms with van der Waals surface area (Å²) in [6, 6.07) is 64.7. The fourth-order valence-corrected chi connectivity index (χ4v) is 6.50. The van der Waals surface area contributed by atoms with Gasteiger partial charge in [0.15, 0.2) is 0 Å². The maximum atomic E-state index is 10.1. The highest BCUT2D eigenvalue weighted by molar-refractivity contribution is 5.93. The second-order valence-corrected chi connectivity index (χ2v) is 12.1. The Labute approximate surface area is 292 Å². The fourth-order valence-electron chi connectivity index (χ4n) is 6.50. The first-order valence-corrected chi connectivity index (χ1v) is 16.7. The molecule has 50 heavy (non-hydrogen) atoms. The molecule has 0 saturated carbocycles. The van der Waals surface area contributed by atoms with E-state index in [1.807, 2.05) is 54.7 Å². The van der Waals surface area contributed by atoms with Crippen molar-refractivity contribution in [3.63, 3.8) is 0 Å². The molecule has 8 aromatic rings. The number of hydrogen-bond acceptors (Lipinski definition) is 3. The summed E-state index contributed by atoms with van der Waals surface area (Å²) in [5.74, 6) is 0.245. The molecule has 0 aliphatic carbocycles. The number of nitrogens with zero attached hydrogens (tertiary/aromatic N) is 2. The van der Waals surface area contributed by atoms with E-state index in [1.165, 1.54) is 0 Å². The molecule has 0 atom stereocenters. The largest absolute Gasteiger partial charge is 0.508 e. The van der Waals surface area contributed by atoms with Crippen molar-refractivity contribution in [1.29, 1.82) is 0 Å². The number of phenolic OH excluding ortho intramolecular Hbond substituents is 1. The van der Waals surface area contributed by atoms with Crippen molar-refractivity contribution in [2.45, 2.75) is 0 Å². The minimum Gasteiger partial charge on any atom is -0.508 e. The smallest absolute Gasteiger partial charge is 0.115 e. The van der Waals surface area contributed by atoms with E-state index in [9.17, 15) is 5.11 Å². The lowest BCUT2D eigenvalue weighted by molar-refractivity contribution is 0.475. The van der Waals surface area contributed by atoms with Gasteiger partial charge in [-0.1, -0.05) is 103 Å². The van der Waals surface area contributed by atoms with Crippen molar-refractivity contribution in [2.24, 2.45) is 0 Å². The number of nitrogens with one attached hydrogen (secondary N) is 1. The summed E-state index contributed by atoms with van der Waals surface area (Å²) >= 11 is 0. The molecule has 0 spiro atoms. The summed E-state index contributed by atoms with van der Waals surface area (Å²) in [6.45, 7) is 0. The Bertz CT molecular complexity index is 2340. The first kappa shape index (κ1) is 30.5. The second kappa shape index (κ2) is 13.8. The molecule has 1 heterocycles. The van der Waals surface area contributed by atoms with Crippen LogP contribution >= 0.6 is 0 Å². The molecule has 240 valence electrons. The summed E-state index contributed by atoms with van der Waals surface area (Å²) in [6.07, 6.45) is 4.16. The first-order chi connectivity index (χ1) is 24.7. The van der Waals surface area contributed by atoms with Crippen LogP contribution in [0, 0.1) is 0 Å². The third kappa shape index (κ3) is 6.26. The zero-order valence-electron chi connectivity index (χ0n) is 27.4. The molecule has 0 unspecified atom stereocenters. The molecule has 1 aromatic heterocycles. The normalized spacial score (nSPS) is 11.2. The van der Waals surface area contributed by atoms with Crippen LogP contribution < -0.4 is 10.2 Å². The lowest BCUT2D eigenvalue weighted by Crippen LogP contribution is -2.11. The van der Waals surface area contributed by atoms with Crippen molar-refractivity contribution >= 4 is 39.7 Å². The monoisotopic (exact) mass is 645 g/mol. The third-order valence-electron chi connectivity index (χ3n) is 8.90. The van der Waals surface area contributed by atoms with E-state index in [0.717, 1.165) is 67.3 Å². The molecule has 0 bridgehead atoms. The number of rotatable bonds is 9. The number of aromatic nitrogens is 1. The van der Waals surface area contributed by atoms with Crippen LogP contribution in [0.3, 0.4) is 0 Å². The third-order valence-corrected chi connectivity index (χ3v) is 8.90. The van der Waals surface area contributed by atoms with Gasteiger partial charge in [-0.3, -0.25) is 0 Å². The van der Waals surface area contributed by atoms with Crippen LogP contribution in [0.1, 0.15) is 5.56 Å². The molecular weight excluding hydrogens is 611 g/mol. The zero-order chi connectivity index (χ0) is 33.7. The standard InChI is InChI=1S/C46H35N3O/c50-43-26-24-42(25-27-43)49-45(34-13-5-1-6-14-34)33-37-22-21-36(32-46(37)49)35-23-28-44(38(31-35)29-30-47-39-15-7-2-8-16-39)48(40-17-9-3-10-18-40)41-19-11-4-12-20-41/h1-33,47,50H/b30-29+. The molecule has 0 radical (unpaired) electrons. The zero-order valence-corrected chi connectivity index (χ0v) is 27.4. The van der Waals surface area contributed by atoms with E-state index in [4.69, 9.17) is 0 Å². The van der Waals surface area contributed by atoms with Gasteiger partial charge in [-0.05, 0) is 108 Å². The van der Waals surface area contributed by atoms with E-state index in [-0.39, 0.29) is 5.75 Å². The quantitative estimate of drug-likeness (QED) is 0.164. The molecule has 7 aromatic carbocycles. The van der Waals surface area contributed by atoms with Gasteiger partial charge in [-0.25, -0.2) is 0 Å². The van der Waals surface area contributed by atoms with Crippen molar-refractivity contribution in [3.05, 3.63) is 200 Å². The van der Waals surface area contributed by atoms with Crippen LogP contribution in [0.4, 0.5) is 22.7 Å². The Kier molecular flexibility index (Phi) is 8.40. The highest BCUT2D eigenvalue weighted by atomic mass is 16.3. The second-order valence-electron chi connectivity index (χ2n) is 12.1. The van der Waals surface area contributed by atoms with Crippen molar-refractivity contribution in [3.8, 4) is 33.8 Å². The number of hydrogen-bond donors (Lipinski definition) is 2. The van der Waals surface area contributed by atoms with Gasteiger partial charge in [-0.15, -0.1) is 0 Å². The number of phenols is 1. The van der Waals surface area contributed by atoms with Crippen LogP contribution in [-0.2, 0) is 0 Å². The van der Waals surface area contributed by atoms with Crippen LogP contribution in [0.25, 0.3) is 45.1 Å². The Balaban J connectivity index is 1.28. The molecule has 4 nitrogen and oxygen atoms in total. The Hall–Kier alpha value is -6.78. The molecule has 0 fully saturated rings. The predicted octanol–water partition coefficient (Wildman–Crippen LogP) is 12.2. The van der Waals surface area contributed by atoms with E-state index in [2.05, 4.69) is 148 Å². The van der Waals surface area contributed by atoms with Gasteiger partial charge in [0.25, 0.3) is 0 Å². The molecule has 4 heteroatoms. The number of benzene rings is 7. The van der Waals surface area contributed by atoms with Crippen LogP contribution in [0.5, 0.6) is 5.75 Å². The molecule has 2 N–H and O–H groups in total. The molecular formula is C46H35N3O. The number of anilines is 4. The topological polar surface area (TPSA) is 40.4 Å². The highest BCUT2D eigenvalue weighted by Crippen LogP contribution is 2.40. The summed E-state index contributed by atoms with van der Waals surface area (Å²) < 4.78 is 2.28. The van der Waals surface area contributed by atoms with Crippen molar-refractivity contribution in [2.75, 3.05) is 10.2 Å². The number of fused-ring (bicyclic) bond motifs is 1. The van der Waals surface area contributed by atoms with Crippen LogP contribution in [0.15, 0.2) is 194 Å². The van der Waals surface area contributed by atoms with Gasteiger partial charge in [-0.2, -0.15) is 0 Å². The molecule has 8 rings (SSSR count). The Morgan fingerprint density at radius 2 is 1.10 bits per heavy atom.